The molecule has 1 aromatic rings. The van der Waals surface area contributed by atoms with Gasteiger partial charge in [-0.3, -0.25) is 4.79 Å². The fourth-order valence-corrected chi connectivity index (χ4v) is 5.70. The molecule has 0 spiro atoms. The Hall–Kier alpha value is -1.82. The van der Waals surface area contributed by atoms with E-state index >= 15 is 0 Å². The molecule has 1 heterocycles. The highest BCUT2D eigenvalue weighted by molar-refractivity contribution is 5.96. The number of allylic oxidation sites excluding steroid dienone is 1. The number of nitrogens with zero attached hydrogens (tertiary/aromatic N) is 2. The highest BCUT2D eigenvalue weighted by Crippen LogP contribution is 2.55. The third kappa shape index (κ3) is 4.23. The molecule has 1 aromatic heterocycles. The Kier molecular flexibility index (Phi) is 5.49. The largest absolute Gasteiger partial charge is 0.477 e. The summed E-state index contributed by atoms with van der Waals surface area (Å²) in [4.78, 5) is 13.2. The molecule has 4 aliphatic rings. The summed E-state index contributed by atoms with van der Waals surface area (Å²) in [7, 11) is 0. The Morgan fingerprint density at radius 3 is 2.59 bits per heavy atom. The van der Waals surface area contributed by atoms with Crippen LogP contribution in [0.4, 0.5) is 0 Å². The number of rotatable bonds is 7. The first-order valence-electron chi connectivity index (χ1n) is 11.2. The summed E-state index contributed by atoms with van der Waals surface area (Å²) in [5.74, 6) is 2.52. The zero-order valence-corrected chi connectivity index (χ0v) is 18.1. The minimum absolute atomic E-state index is 0.114. The van der Waals surface area contributed by atoms with E-state index in [1.807, 2.05) is 12.3 Å². The van der Waals surface area contributed by atoms with Gasteiger partial charge in [-0.2, -0.15) is 5.10 Å². The first kappa shape index (κ1) is 20.5. The molecule has 2 N–H and O–H groups in total. The molecule has 4 saturated carbocycles. The van der Waals surface area contributed by atoms with Crippen molar-refractivity contribution in [2.24, 2.45) is 29.6 Å². The maximum Gasteiger partial charge on any atom is 0.258 e. The van der Waals surface area contributed by atoms with Crippen LogP contribution in [0.5, 0.6) is 5.88 Å². The van der Waals surface area contributed by atoms with E-state index in [-0.39, 0.29) is 11.9 Å². The van der Waals surface area contributed by atoms with Gasteiger partial charge in [-0.05, 0) is 61.7 Å². The van der Waals surface area contributed by atoms with Gasteiger partial charge in [0.05, 0.1) is 18.4 Å². The first-order chi connectivity index (χ1) is 13.7. The highest BCUT2D eigenvalue weighted by atomic mass is 16.5. The maximum atomic E-state index is 13.2. The zero-order chi connectivity index (χ0) is 20.8. The summed E-state index contributed by atoms with van der Waals surface area (Å²) in [6.45, 7) is 8.91. The summed E-state index contributed by atoms with van der Waals surface area (Å²) in [6.07, 6.45) is 10.3. The van der Waals surface area contributed by atoms with Crippen molar-refractivity contribution < 1.29 is 14.6 Å². The molecule has 1 amide bonds. The third-order valence-corrected chi connectivity index (χ3v) is 6.70. The monoisotopic (exact) mass is 401 g/mol. The number of amides is 1. The topological polar surface area (TPSA) is 76.4 Å². The molecular formula is C23H35N3O3. The lowest BCUT2D eigenvalue weighted by molar-refractivity contribution is -0.136. The number of hydrogen-bond donors (Lipinski definition) is 2. The van der Waals surface area contributed by atoms with E-state index in [0.717, 1.165) is 32.1 Å². The average molecular weight is 402 g/mol. The fraction of sp³-hybridized carbons (Fsp3) is 0.739. The second-order valence-corrected chi connectivity index (χ2v) is 10.3. The van der Waals surface area contributed by atoms with Gasteiger partial charge in [-0.1, -0.05) is 33.8 Å². The Labute approximate surface area is 173 Å². The Balaban J connectivity index is 1.52. The van der Waals surface area contributed by atoms with Crippen LogP contribution in [0.15, 0.2) is 12.3 Å². The van der Waals surface area contributed by atoms with Crippen LogP contribution in [0.25, 0.3) is 6.20 Å². The number of nitrogens with one attached hydrogen (secondary N) is 1. The van der Waals surface area contributed by atoms with E-state index < -0.39 is 5.60 Å². The van der Waals surface area contributed by atoms with Gasteiger partial charge < -0.3 is 15.2 Å². The minimum Gasteiger partial charge on any atom is -0.477 e. The molecule has 4 fully saturated rings. The average Bonchev–Trinajstić information content (AvgIpc) is 3.02. The number of carbonyl (C=O) groups excluding carboxylic acids is 1. The standard InChI is InChI=1S/C23H35N3O3/c1-14(2)5-6-26-22(29-13-15(3)4)19(12-24-26)21(27)25-20-17-7-16-8-18(20)11-23(28,9-16)10-17/h5-6,12,14-18,20,28H,7-11,13H2,1-4H3,(H,25,27)/b6-5+/t16?,17?,18?,20-,23-. The predicted molar refractivity (Wildman–Crippen MR) is 112 cm³/mol. The van der Waals surface area contributed by atoms with Crippen LogP contribution < -0.4 is 10.1 Å². The Morgan fingerprint density at radius 1 is 1.31 bits per heavy atom. The van der Waals surface area contributed by atoms with Crippen LogP contribution >= 0.6 is 0 Å². The predicted octanol–water partition coefficient (Wildman–Crippen LogP) is 3.71. The fourth-order valence-electron chi connectivity index (χ4n) is 5.70. The van der Waals surface area contributed by atoms with E-state index in [1.165, 1.54) is 0 Å². The first-order valence-corrected chi connectivity index (χ1v) is 11.2. The van der Waals surface area contributed by atoms with Gasteiger partial charge in [0.25, 0.3) is 5.91 Å². The van der Waals surface area contributed by atoms with Crippen molar-refractivity contribution in [3.63, 3.8) is 0 Å². The molecule has 0 aliphatic heterocycles. The second-order valence-electron chi connectivity index (χ2n) is 10.3. The number of aromatic nitrogens is 2. The van der Waals surface area contributed by atoms with Gasteiger partial charge in [0.15, 0.2) is 0 Å². The van der Waals surface area contributed by atoms with Gasteiger partial charge in [-0.25, -0.2) is 4.68 Å². The van der Waals surface area contributed by atoms with Gasteiger partial charge in [0.2, 0.25) is 5.88 Å². The van der Waals surface area contributed by atoms with Gasteiger partial charge in [0, 0.05) is 12.2 Å². The SMILES string of the molecule is CC(C)/C=C/n1ncc(C(=O)N[C@H]2C3CC4CC2C[C@](O)(C4)C3)c1OCC(C)C. The molecule has 6 nitrogen and oxygen atoms in total. The van der Waals surface area contributed by atoms with Crippen LogP contribution in [0, 0.1) is 29.6 Å². The molecule has 0 saturated heterocycles. The molecule has 29 heavy (non-hydrogen) atoms. The van der Waals surface area contributed by atoms with Crippen LogP contribution in [-0.4, -0.2) is 39.0 Å². The van der Waals surface area contributed by atoms with Crippen LogP contribution in [-0.2, 0) is 0 Å². The van der Waals surface area contributed by atoms with Crippen LogP contribution in [0.1, 0.15) is 70.2 Å². The molecule has 5 rings (SSSR count). The molecule has 0 aromatic carbocycles. The molecular weight excluding hydrogens is 366 g/mol. The summed E-state index contributed by atoms with van der Waals surface area (Å²) in [5, 5.41) is 18.5. The van der Waals surface area contributed by atoms with E-state index in [4.69, 9.17) is 4.74 Å². The molecule has 2 atom stereocenters. The lowest BCUT2D eigenvalue weighted by Gasteiger charge is -2.58. The number of hydrogen-bond acceptors (Lipinski definition) is 4. The molecule has 0 radical (unpaired) electrons. The normalized spacial score (nSPS) is 33.2. The zero-order valence-electron chi connectivity index (χ0n) is 18.1. The molecule has 4 bridgehead atoms. The molecule has 6 heteroatoms. The van der Waals surface area contributed by atoms with E-state index in [1.54, 1.807) is 10.9 Å². The summed E-state index contributed by atoms with van der Waals surface area (Å²) >= 11 is 0. The van der Waals surface area contributed by atoms with E-state index in [2.05, 4.69) is 38.1 Å². The number of ether oxygens (including phenoxy) is 1. The van der Waals surface area contributed by atoms with Gasteiger partial charge in [0.1, 0.15) is 5.56 Å². The highest BCUT2D eigenvalue weighted by Gasteiger charge is 2.55. The number of aliphatic hydroxyl groups is 1. The van der Waals surface area contributed by atoms with Crippen molar-refractivity contribution in [1.82, 2.24) is 15.1 Å². The lowest BCUT2D eigenvalue weighted by Crippen LogP contribution is -2.61. The van der Waals surface area contributed by atoms with Crippen molar-refractivity contribution >= 4 is 12.1 Å². The summed E-state index contributed by atoms with van der Waals surface area (Å²) in [5.41, 5.74) is 0.00191. The van der Waals surface area contributed by atoms with Crippen molar-refractivity contribution in [1.29, 1.82) is 0 Å². The summed E-state index contributed by atoms with van der Waals surface area (Å²) in [6, 6.07) is 0.145. The van der Waals surface area contributed by atoms with Crippen molar-refractivity contribution in [2.75, 3.05) is 6.61 Å². The van der Waals surface area contributed by atoms with Crippen LogP contribution in [0.2, 0.25) is 0 Å². The van der Waals surface area contributed by atoms with Gasteiger partial charge in [-0.15, -0.1) is 0 Å². The van der Waals surface area contributed by atoms with Crippen molar-refractivity contribution in [3.05, 3.63) is 17.8 Å². The van der Waals surface area contributed by atoms with E-state index in [0.29, 0.717) is 47.6 Å². The smallest absolute Gasteiger partial charge is 0.258 e. The summed E-state index contributed by atoms with van der Waals surface area (Å²) < 4.78 is 7.66. The third-order valence-electron chi connectivity index (χ3n) is 6.70. The van der Waals surface area contributed by atoms with E-state index in [9.17, 15) is 9.90 Å². The maximum absolute atomic E-state index is 13.2. The molecule has 4 aliphatic carbocycles. The van der Waals surface area contributed by atoms with Gasteiger partial charge >= 0.3 is 0 Å². The quantitative estimate of drug-likeness (QED) is 0.730. The Morgan fingerprint density at radius 2 is 2.00 bits per heavy atom. The molecule has 2 unspecified atom stereocenters. The molecule has 160 valence electrons. The lowest BCUT2D eigenvalue weighted by atomic mass is 9.52. The second kappa shape index (κ2) is 7.78. The van der Waals surface area contributed by atoms with Crippen LogP contribution in [0.3, 0.4) is 0 Å². The number of carbonyl (C=O) groups is 1. The minimum atomic E-state index is -0.490. The Bertz CT molecular complexity index is 766. The van der Waals surface area contributed by atoms with Crippen molar-refractivity contribution in [2.45, 2.75) is 71.4 Å². The van der Waals surface area contributed by atoms with Crippen molar-refractivity contribution in [3.8, 4) is 5.88 Å².